The van der Waals surface area contributed by atoms with Crippen LogP contribution < -0.4 is 0 Å². The third-order valence-corrected chi connectivity index (χ3v) is 3.13. The van der Waals surface area contributed by atoms with Gasteiger partial charge in [0.05, 0.1) is 5.92 Å². The van der Waals surface area contributed by atoms with Crippen LogP contribution >= 0.6 is 0 Å². The number of rotatable bonds is 2. The van der Waals surface area contributed by atoms with Crippen molar-refractivity contribution in [2.24, 2.45) is 17.3 Å². The van der Waals surface area contributed by atoms with Crippen molar-refractivity contribution in [3.63, 3.8) is 0 Å². The molecule has 2 aliphatic rings. The molecule has 2 atom stereocenters. The van der Waals surface area contributed by atoms with Crippen molar-refractivity contribution in [3.05, 3.63) is 11.6 Å². The SMILES string of the molecule is CC1(C)[C@@H](C=C2CC2)[C@@H]1C(=O)O. The Morgan fingerprint density at radius 3 is 2.50 bits per heavy atom. The average molecular weight is 166 g/mol. The molecule has 0 spiro atoms. The normalized spacial score (nSPS) is 36.0. The molecule has 0 bridgehead atoms. The summed E-state index contributed by atoms with van der Waals surface area (Å²) in [5.74, 6) is -0.472. The van der Waals surface area contributed by atoms with Gasteiger partial charge in [0, 0.05) is 0 Å². The number of allylic oxidation sites excluding steroid dienone is 2. The highest BCUT2D eigenvalue weighted by Crippen LogP contribution is 2.60. The summed E-state index contributed by atoms with van der Waals surface area (Å²) in [4.78, 5) is 10.8. The third-order valence-electron chi connectivity index (χ3n) is 3.13. The Kier molecular flexibility index (Phi) is 1.39. The maximum absolute atomic E-state index is 10.8. The van der Waals surface area contributed by atoms with E-state index in [0.717, 1.165) is 0 Å². The van der Waals surface area contributed by atoms with Crippen molar-refractivity contribution >= 4 is 5.97 Å². The van der Waals surface area contributed by atoms with E-state index in [9.17, 15) is 4.79 Å². The molecule has 12 heavy (non-hydrogen) atoms. The molecule has 2 nitrogen and oxygen atoms in total. The summed E-state index contributed by atoms with van der Waals surface area (Å²) in [6.45, 7) is 4.08. The lowest BCUT2D eigenvalue weighted by Gasteiger charge is -1.95. The van der Waals surface area contributed by atoms with Gasteiger partial charge in [-0.1, -0.05) is 25.5 Å². The molecular formula is C10H14O2. The van der Waals surface area contributed by atoms with Crippen LogP contribution in [0.4, 0.5) is 0 Å². The second kappa shape index (κ2) is 2.12. The highest BCUT2D eigenvalue weighted by Gasteiger charge is 2.61. The van der Waals surface area contributed by atoms with E-state index in [-0.39, 0.29) is 11.3 Å². The molecule has 0 saturated heterocycles. The molecule has 66 valence electrons. The van der Waals surface area contributed by atoms with Crippen molar-refractivity contribution in [2.75, 3.05) is 0 Å². The topological polar surface area (TPSA) is 37.3 Å². The van der Waals surface area contributed by atoms with E-state index in [2.05, 4.69) is 6.08 Å². The van der Waals surface area contributed by atoms with Crippen molar-refractivity contribution < 1.29 is 9.90 Å². The smallest absolute Gasteiger partial charge is 0.307 e. The molecule has 2 heteroatoms. The van der Waals surface area contributed by atoms with Crippen molar-refractivity contribution in [1.29, 1.82) is 0 Å². The molecule has 0 aliphatic heterocycles. The Labute approximate surface area is 72.3 Å². The van der Waals surface area contributed by atoms with E-state index in [0.29, 0.717) is 5.92 Å². The lowest BCUT2D eigenvalue weighted by atomic mass is 10.1. The summed E-state index contributed by atoms with van der Waals surface area (Å²) >= 11 is 0. The minimum absolute atomic E-state index is 0.00141. The first kappa shape index (κ1) is 7.84. The second-order valence-electron chi connectivity index (χ2n) is 4.49. The van der Waals surface area contributed by atoms with Crippen LogP contribution in [0.3, 0.4) is 0 Å². The lowest BCUT2D eigenvalue weighted by Crippen LogP contribution is -2.02. The summed E-state index contributed by atoms with van der Waals surface area (Å²) in [5, 5.41) is 8.86. The van der Waals surface area contributed by atoms with E-state index in [4.69, 9.17) is 5.11 Å². The van der Waals surface area contributed by atoms with Gasteiger partial charge in [0.15, 0.2) is 0 Å². The van der Waals surface area contributed by atoms with Gasteiger partial charge in [-0.2, -0.15) is 0 Å². The van der Waals surface area contributed by atoms with Gasteiger partial charge in [0.2, 0.25) is 0 Å². The Hall–Kier alpha value is -0.790. The number of carbonyl (C=O) groups is 1. The van der Waals surface area contributed by atoms with Gasteiger partial charge in [-0.15, -0.1) is 0 Å². The van der Waals surface area contributed by atoms with E-state index in [1.807, 2.05) is 13.8 Å². The summed E-state index contributed by atoms with van der Waals surface area (Å²) < 4.78 is 0. The van der Waals surface area contributed by atoms with Gasteiger partial charge in [-0.05, 0) is 24.2 Å². The maximum Gasteiger partial charge on any atom is 0.307 e. The van der Waals surface area contributed by atoms with E-state index < -0.39 is 5.97 Å². The summed E-state index contributed by atoms with van der Waals surface area (Å²) in [6, 6.07) is 0. The third kappa shape index (κ3) is 1.06. The molecule has 0 amide bonds. The van der Waals surface area contributed by atoms with Crippen LogP contribution in [0.15, 0.2) is 11.6 Å². The molecule has 0 unspecified atom stereocenters. The van der Waals surface area contributed by atoms with Crippen LogP contribution in [0, 0.1) is 17.3 Å². The maximum atomic E-state index is 10.8. The fourth-order valence-corrected chi connectivity index (χ4v) is 1.95. The molecule has 0 aromatic rings. The Morgan fingerprint density at radius 1 is 1.58 bits per heavy atom. The molecule has 2 saturated carbocycles. The van der Waals surface area contributed by atoms with E-state index in [1.165, 1.54) is 18.4 Å². The Bertz CT molecular complexity index is 257. The highest BCUT2D eigenvalue weighted by atomic mass is 16.4. The van der Waals surface area contributed by atoms with Crippen LogP contribution in [0.25, 0.3) is 0 Å². The van der Waals surface area contributed by atoms with Gasteiger partial charge in [-0.25, -0.2) is 0 Å². The van der Waals surface area contributed by atoms with Crippen molar-refractivity contribution in [2.45, 2.75) is 26.7 Å². The second-order valence-corrected chi connectivity index (χ2v) is 4.49. The fourth-order valence-electron chi connectivity index (χ4n) is 1.95. The highest BCUT2D eigenvalue weighted by molar-refractivity contribution is 5.76. The first-order chi connectivity index (χ1) is 5.53. The number of aliphatic carboxylic acids is 1. The summed E-state index contributed by atoms with van der Waals surface area (Å²) in [7, 11) is 0. The fraction of sp³-hybridized carbons (Fsp3) is 0.700. The molecule has 2 fully saturated rings. The molecule has 2 aliphatic carbocycles. The molecule has 1 N–H and O–H groups in total. The Morgan fingerprint density at radius 2 is 2.17 bits per heavy atom. The molecule has 0 aromatic heterocycles. The van der Waals surface area contributed by atoms with Crippen LogP contribution in [0.2, 0.25) is 0 Å². The van der Waals surface area contributed by atoms with Gasteiger partial charge < -0.3 is 5.11 Å². The number of carboxylic acid groups (broad SMARTS) is 1. The standard InChI is InChI=1S/C10H14O2/c1-10(2)7(5-6-3-4-6)8(10)9(11)12/h5,7-8H,3-4H2,1-2H3,(H,11,12)/t7-,8+/m0/s1. The number of hydrogen-bond donors (Lipinski definition) is 1. The molecule has 2 rings (SSSR count). The number of carboxylic acids is 1. The predicted molar refractivity (Wildman–Crippen MR) is 45.7 cm³/mol. The zero-order valence-corrected chi connectivity index (χ0v) is 7.50. The summed E-state index contributed by atoms with van der Waals surface area (Å²) in [6.07, 6.45) is 4.57. The lowest BCUT2D eigenvalue weighted by molar-refractivity contribution is -0.139. The van der Waals surface area contributed by atoms with Gasteiger partial charge in [0.1, 0.15) is 0 Å². The average Bonchev–Trinajstić information content (AvgIpc) is 2.75. The number of hydrogen-bond acceptors (Lipinski definition) is 1. The predicted octanol–water partition coefficient (Wildman–Crippen LogP) is 2.06. The van der Waals surface area contributed by atoms with E-state index >= 15 is 0 Å². The zero-order chi connectivity index (χ0) is 8.93. The molecule has 0 aromatic carbocycles. The van der Waals surface area contributed by atoms with Crippen LogP contribution in [-0.4, -0.2) is 11.1 Å². The van der Waals surface area contributed by atoms with Crippen molar-refractivity contribution in [3.8, 4) is 0 Å². The van der Waals surface area contributed by atoms with Crippen LogP contribution in [-0.2, 0) is 4.79 Å². The largest absolute Gasteiger partial charge is 0.481 e. The van der Waals surface area contributed by atoms with Gasteiger partial charge >= 0.3 is 5.97 Å². The minimum Gasteiger partial charge on any atom is -0.481 e. The van der Waals surface area contributed by atoms with Crippen molar-refractivity contribution in [1.82, 2.24) is 0 Å². The van der Waals surface area contributed by atoms with Gasteiger partial charge in [0.25, 0.3) is 0 Å². The first-order valence-corrected chi connectivity index (χ1v) is 4.46. The monoisotopic (exact) mass is 166 g/mol. The Balaban J connectivity index is 2.10. The first-order valence-electron chi connectivity index (χ1n) is 4.46. The molecular weight excluding hydrogens is 152 g/mol. The minimum atomic E-state index is -0.637. The molecule has 0 radical (unpaired) electrons. The van der Waals surface area contributed by atoms with Crippen LogP contribution in [0.1, 0.15) is 26.7 Å². The summed E-state index contributed by atoms with van der Waals surface area (Å²) in [5.41, 5.74) is 1.46. The molecule has 0 heterocycles. The zero-order valence-electron chi connectivity index (χ0n) is 7.50. The van der Waals surface area contributed by atoms with E-state index in [1.54, 1.807) is 0 Å². The van der Waals surface area contributed by atoms with Crippen LogP contribution in [0.5, 0.6) is 0 Å². The van der Waals surface area contributed by atoms with Gasteiger partial charge in [-0.3, -0.25) is 4.79 Å². The quantitative estimate of drug-likeness (QED) is 0.637.